The van der Waals surface area contributed by atoms with Crippen molar-refractivity contribution in [3.8, 4) is 0 Å². The topological polar surface area (TPSA) is 55.1 Å². The van der Waals surface area contributed by atoms with Crippen molar-refractivity contribution in [1.82, 2.24) is 0 Å². The van der Waals surface area contributed by atoms with E-state index in [1.54, 1.807) is 6.07 Å². The summed E-state index contributed by atoms with van der Waals surface area (Å²) >= 11 is 5.99. The molecule has 0 heterocycles. The number of benzene rings is 1. The molecule has 0 unspecified atom stereocenters. The summed E-state index contributed by atoms with van der Waals surface area (Å²) in [7, 11) is 0. The summed E-state index contributed by atoms with van der Waals surface area (Å²) in [6.45, 7) is 4.02. The zero-order chi connectivity index (χ0) is 12.8. The molecule has 1 amide bonds. The lowest BCUT2D eigenvalue weighted by Gasteiger charge is -2.13. The highest BCUT2D eigenvalue weighted by Gasteiger charge is 2.14. The number of carbonyl (C=O) groups excluding carboxylic acids is 1. The minimum absolute atomic E-state index is 0.175. The Morgan fingerprint density at radius 3 is 2.88 bits per heavy atom. The summed E-state index contributed by atoms with van der Waals surface area (Å²) < 4.78 is 0. The molecule has 0 spiro atoms. The van der Waals surface area contributed by atoms with Gasteiger partial charge in [0.1, 0.15) is 0 Å². The third-order valence-corrected chi connectivity index (χ3v) is 2.91. The van der Waals surface area contributed by atoms with Crippen LogP contribution in [-0.2, 0) is 4.79 Å². The van der Waals surface area contributed by atoms with Gasteiger partial charge in [0.2, 0.25) is 5.91 Å². The fraction of sp³-hybridized carbons (Fsp3) is 0.462. The standard InChI is InChI=1S/C13H19ClN2O/c1-3-4-5-11(15)13(17)16-12-8-9(2)6-7-10(12)14/h6-8,11H,3-5,15H2,1-2H3,(H,16,17)/t11-/m0/s1. The predicted molar refractivity (Wildman–Crippen MR) is 72.3 cm³/mol. The van der Waals surface area contributed by atoms with Crippen LogP contribution < -0.4 is 11.1 Å². The molecule has 1 aromatic carbocycles. The molecule has 3 nitrogen and oxygen atoms in total. The van der Waals surface area contributed by atoms with Crippen molar-refractivity contribution in [2.24, 2.45) is 5.73 Å². The molecule has 0 radical (unpaired) electrons. The van der Waals surface area contributed by atoms with E-state index in [0.717, 1.165) is 18.4 Å². The molecule has 0 fully saturated rings. The Morgan fingerprint density at radius 2 is 2.24 bits per heavy atom. The largest absolute Gasteiger partial charge is 0.323 e. The third kappa shape index (κ3) is 4.36. The number of carbonyl (C=O) groups is 1. The van der Waals surface area contributed by atoms with Crippen molar-refractivity contribution in [2.75, 3.05) is 5.32 Å². The average molecular weight is 255 g/mol. The molecule has 0 aromatic heterocycles. The van der Waals surface area contributed by atoms with Crippen molar-refractivity contribution < 1.29 is 4.79 Å². The van der Waals surface area contributed by atoms with Gasteiger partial charge < -0.3 is 11.1 Å². The van der Waals surface area contributed by atoms with Gasteiger partial charge >= 0.3 is 0 Å². The lowest BCUT2D eigenvalue weighted by atomic mass is 10.1. The first-order valence-corrected chi connectivity index (χ1v) is 6.25. The first-order valence-electron chi connectivity index (χ1n) is 5.87. The molecule has 0 aliphatic heterocycles. The summed E-state index contributed by atoms with van der Waals surface area (Å²) in [5.41, 5.74) is 7.46. The zero-order valence-corrected chi connectivity index (χ0v) is 11.1. The van der Waals surface area contributed by atoms with Gasteiger partial charge in [0.05, 0.1) is 16.8 Å². The molecular formula is C13H19ClN2O. The maximum atomic E-state index is 11.8. The quantitative estimate of drug-likeness (QED) is 0.848. The van der Waals surface area contributed by atoms with E-state index in [1.165, 1.54) is 0 Å². The molecule has 17 heavy (non-hydrogen) atoms. The van der Waals surface area contributed by atoms with Gasteiger partial charge in [0.25, 0.3) is 0 Å². The summed E-state index contributed by atoms with van der Waals surface area (Å²) in [6.07, 6.45) is 2.69. The number of anilines is 1. The lowest BCUT2D eigenvalue weighted by molar-refractivity contribution is -0.117. The monoisotopic (exact) mass is 254 g/mol. The highest BCUT2D eigenvalue weighted by atomic mass is 35.5. The molecule has 0 aliphatic carbocycles. The van der Waals surface area contributed by atoms with Gasteiger partial charge in [-0.15, -0.1) is 0 Å². The number of aryl methyl sites for hydroxylation is 1. The van der Waals surface area contributed by atoms with Crippen LogP contribution in [0.15, 0.2) is 18.2 Å². The maximum Gasteiger partial charge on any atom is 0.241 e. The van der Waals surface area contributed by atoms with E-state index in [1.807, 2.05) is 19.1 Å². The van der Waals surface area contributed by atoms with Crippen LogP contribution in [0.2, 0.25) is 5.02 Å². The minimum atomic E-state index is -0.466. The lowest BCUT2D eigenvalue weighted by Crippen LogP contribution is -2.35. The van der Waals surface area contributed by atoms with Gasteiger partial charge in [-0.1, -0.05) is 37.4 Å². The average Bonchev–Trinajstić information content (AvgIpc) is 2.30. The summed E-state index contributed by atoms with van der Waals surface area (Å²) in [4.78, 5) is 11.8. The van der Waals surface area contributed by atoms with E-state index in [4.69, 9.17) is 17.3 Å². The summed E-state index contributed by atoms with van der Waals surface area (Å²) in [5, 5.41) is 3.30. The molecular weight excluding hydrogens is 236 g/mol. The predicted octanol–water partition coefficient (Wildman–Crippen LogP) is 3.10. The fourth-order valence-corrected chi connectivity index (χ4v) is 1.68. The number of halogens is 1. The number of amides is 1. The van der Waals surface area contributed by atoms with E-state index in [2.05, 4.69) is 12.2 Å². The van der Waals surface area contributed by atoms with E-state index >= 15 is 0 Å². The number of nitrogens with two attached hydrogens (primary N) is 1. The van der Waals surface area contributed by atoms with Gasteiger partial charge in [0.15, 0.2) is 0 Å². The van der Waals surface area contributed by atoms with Crippen molar-refractivity contribution >= 4 is 23.2 Å². The molecule has 0 bridgehead atoms. The maximum absolute atomic E-state index is 11.8. The van der Waals surface area contributed by atoms with Crippen LogP contribution in [-0.4, -0.2) is 11.9 Å². The van der Waals surface area contributed by atoms with Gasteiger partial charge in [-0.05, 0) is 31.0 Å². The second-order valence-corrected chi connectivity index (χ2v) is 4.63. The van der Waals surface area contributed by atoms with Crippen molar-refractivity contribution in [3.05, 3.63) is 28.8 Å². The Bertz CT molecular complexity index is 393. The van der Waals surface area contributed by atoms with Gasteiger partial charge in [0, 0.05) is 0 Å². The second kappa shape index (κ2) is 6.62. The van der Waals surface area contributed by atoms with E-state index < -0.39 is 6.04 Å². The molecule has 0 saturated carbocycles. The van der Waals surface area contributed by atoms with Crippen LogP contribution in [0.1, 0.15) is 31.7 Å². The first-order chi connectivity index (χ1) is 8.04. The van der Waals surface area contributed by atoms with Gasteiger partial charge in [-0.25, -0.2) is 0 Å². The molecule has 94 valence electrons. The van der Waals surface area contributed by atoms with Gasteiger partial charge in [-0.3, -0.25) is 4.79 Å². The normalized spacial score (nSPS) is 12.2. The van der Waals surface area contributed by atoms with Crippen LogP contribution in [0.25, 0.3) is 0 Å². The fourth-order valence-electron chi connectivity index (χ4n) is 1.52. The third-order valence-electron chi connectivity index (χ3n) is 2.59. The Kier molecular flexibility index (Phi) is 5.45. The smallest absolute Gasteiger partial charge is 0.241 e. The van der Waals surface area contributed by atoms with Crippen LogP contribution >= 0.6 is 11.6 Å². The minimum Gasteiger partial charge on any atom is -0.323 e. The summed E-state index contributed by atoms with van der Waals surface area (Å²) in [5.74, 6) is -0.175. The number of unbranched alkanes of at least 4 members (excludes halogenated alkanes) is 1. The van der Waals surface area contributed by atoms with E-state index in [9.17, 15) is 4.79 Å². The Morgan fingerprint density at radius 1 is 1.53 bits per heavy atom. The zero-order valence-electron chi connectivity index (χ0n) is 10.3. The molecule has 1 aromatic rings. The van der Waals surface area contributed by atoms with Gasteiger partial charge in [-0.2, -0.15) is 0 Å². The van der Waals surface area contributed by atoms with E-state index in [0.29, 0.717) is 17.1 Å². The van der Waals surface area contributed by atoms with Crippen LogP contribution in [0.4, 0.5) is 5.69 Å². The molecule has 0 aliphatic rings. The van der Waals surface area contributed by atoms with Crippen LogP contribution in [0.5, 0.6) is 0 Å². The molecule has 1 atom stereocenters. The highest BCUT2D eigenvalue weighted by molar-refractivity contribution is 6.33. The Hall–Kier alpha value is -1.06. The van der Waals surface area contributed by atoms with Crippen molar-refractivity contribution in [2.45, 2.75) is 39.2 Å². The number of rotatable bonds is 5. The first kappa shape index (κ1) is 14.0. The summed E-state index contributed by atoms with van der Waals surface area (Å²) in [6, 6.07) is 5.04. The number of hydrogen-bond acceptors (Lipinski definition) is 2. The number of nitrogens with one attached hydrogen (secondary N) is 1. The van der Waals surface area contributed by atoms with Crippen LogP contribution in [0.3, 0.4) is 0 Å². The Balaban J connectivity index is 2.64. The SMILES string of the molecule is CCCC[C@H](N)C(=O)Nc1cc(C)ccc1Cl. The second-order valence-electron chi connectivity index (χ2n) is 4.22. The molecule has 3 N–H and O–H groups in total. The highest BCUT2D eigenvalue weighted by Crippen LogP contribution is 2.22. The molecule has 1 rings (SSSR count). The van der Waals surface area contributed by atoms with Crippen molar-refractivity contribution in [3.63, 3.8) is 0 Å². The van der Waals surface area contributed by atoms with E-state index in [-0.39, 0.29) is 5.91 Å². The molecule has 0 saturated heterocycles. The van der Waals surface area contributed by atoms with Crippen molar-refractivity contribution in [1.29, 1.82) is 0 Å². The molecule has 4 heteroatoms. The number of hydrogen-bond donors (Lipinski definition) is 2. The van der Waals surface area contributed by atoms with Crippen LogP contribution in [0, 0.1) is 6.92 Å². The Labute approximate surface area is 107 Å².